The lowest BCUT2D eigenvalue weighted by atomic mass is 9.84. The van der Waals surface area contributed by atoms with Crippen LogP contribution in [0.15, 0.2) is 24.3 Å². The van der Waals surface area contributed by atoms with Gasteiger partial charge in [0.15, 0.2) is 0 Å². The second-order valence-corrected chi connectivity index (χ2v) is 5.87. The van der Waals surface area contributed by atoms with Crippen LogP contribution in [0.4, 0.5) is 10.5 Å². The molecule has 5 heteroatoms. The van der Waals surface area contributed by atoms with E-state index < -0.39 is 0 Å². The number of nitrogens with zero attached hydrogens (tertiary/aromatic N) is 1. The summed E-state index contributed by atoms with van der Waals surface area (Å²) in [6.45, 7) is 0.450. The van der Waals surface area contributed by atoms with Crippen LogP contribution < -0.4 is 16.0 Å². The Labute approximate surface area is 124 Å². The summed E-state index contributed by atoms with van der Waals surface area (Å²) in [7, 11) is 0. The molecule has 1 saturated heterocycles. The summed E-state index contributed by atoms with van der Waals surface area (Å²) in [4.78, 5) is 26.0. The average molecular weight is 287 g/mol. The molecule has 0 spiro atoms. The van der Waals surface area contributed by atoms with Crippen LogP contribution in [0.5, 0.6) is 0 Å². The topological polar surface area (TPSA) is 75.4 Å². The van der Waals surface area contributed by atoms with Crippen LogP contribution in [0, 0.1) is 5.92 Å². The van der Waals surface area contributed by atoms with Gasteiger partial charge in [-0.1, -0.05) is 31.4 Å². The van der Waals surface area contributed by atoms with Gasteiger partial charge in [0, 0.05) is 6.54 Å². The number of imide groups is 1. The Morgan fingerprint density at radius 1 is 1.10 bits per heavy atom. The minimum absolute atomic E-state index is 0.118. The number of carbonyl (C=O) groups excluding carboxylic acids is 2. The van der Waals surface area contributed by atoms with Crippen LogP contribution in [-0.4, -0.2) is 18.0 Å². The molecular weight excluding hydrogens is 266 g/mol. The highest BCUT2D eigenvalue weighted by molar-refractivity contribution is 6.21. The zero-order valence-electron chi connectivity index (χ0n) is 12.0. The number of nitrogens with two attached hydrogens (primary N) is 1. The van der Waals surface area contributed by atoms with E-state index in [9.17, 15) is 9.59 Å². The quantitative estimate of drug-likeness (QED) is 0.836. The highest BCUT2D eigenvalue weighted by Crippen LogP contribution is 2.31. The number of rotatable bonds is 3. The Kier molecular flexibility index (Phi) is 3.92. The van der Waals surface area contributed by atoms with Crippen molar-refractivity contribution in [2.75, 3.05) is 4.90 Å². The summed E-state index contributed by atoms with van der Waals surface area (Å²) in [6.07, 6.45) is 5.58. The van der Waals surface area contributed by atoms with Crippen molar-refractivity contribution < 1.29 is 9.59 Å². The maximum absolute atomic E-state index is 12.6. The lowest BCUT2D eigenvalue weighted by Gasteiger charge is -2.25. The van der Waals surface area contributed by atoms with E-state index in [1.54, 1.807) is 12.1 Å². The number of hydrogen-bond acceptors (Lipinski definition) is 3. The first-order chi connectivity index (χ1) is 10.2. The number of urea groups is 1. The third-order valence-electron chi connectivity index (χ3n) is 4.52. The van der Waals surface area contributed by atoms with Crippen molar-refractivity contribution in [2.24, 2.45) is 11.7 Å². The van der Waals surface area contributed by atoms with E-state index in [0.29, 0.717) is 12.2 Å². The van der Waals surface area contributed by atoms with Gasteiger partial charge in [-0.25, -0.2) is 9.69 Å². The Balaban J connectivity index is 1.79. The van der Waals surface area contributed by atoms with Crippen molar-refractivity contribution >= 4 is 17.6 Å². The molecular formula is C16H21N3O2. The molecule has 5 nitrogen and oxygen atoms in total. The smallest absolute Gasteiger partial charge is 0.326 e. The van der Waals surface area contributed by atoms with Crippen LogP contribution in [-0.2, 0) is 11.3 Å². The van der Waals surface area contributed by atoms with Gasteiger partial charge in [-0.05, 0) is 36.5 Å². The third-order valence-corrected chi connectivity index (χ3v) is 4.52. The maximum atomic E-state index is 12.6. The molecule has 1 atom stereocenters. The van der Waals surface area contributed by atoms with E-state index in [4.69, 9.17) is 5.73 Å². The normalized spacial score (nSPS) is 23.5. The van der Waals surface area contributed by atoms with Crippen molar-refractivity contribution in [3.8, 4) is 0 Å². The number of carbonyl (C=O) groups is 2. The fraction of sp³-hybridized carbons (Fsp3) is 0.500. The van der Waals surface area contributed by atoms with Gasteiger partial charge in [0.05, 0.1) is 5.69 Å². The molecule has 1 heterocycles. The number of amides is 3. The lowest BCUT2D eigenvalue weighted by Crippen LogP contribution is -2.38. The van der Waals surface area contributed by atoms with Gasteiger partial charge in [-0.3, -0.25) is 4.79 Å². The molecule has 3 rings (SSSR count). The van der Waals surface area contributed by atoms with Gasteiger partial charge in [0.2, 0.25) is 0 Å². The predicted octanol–water partition coefficient (Wildman–Crippen LogP) is 2.15. The van der Waals surface area contributed by atoms with Crippen LogP contribution in [0.2, 0.25) is 0 Å². The van der Waals surface area contributed by atoms with E-state index in [2.05, 4.69) is 5.32 Å². The van der Waals surface area contributed by atoms with Gasteiger partial charge < -0.3 is 11.1 Å². The monoisotopic (exact) mass is 287 g/mol. The predicted molar refractivity (Wildman–Crippen MR) is 80.7 cm³/mol. The molecule has 0 aromatic heterocycles. The first kappa shape index (κ1) is 14.1. The summed E-state index contributed by atoms with van der Waals surface area (Å²) in [5.74, 6) is 0.163. The molecule has 3 amide bonds. The van der Waals surface area contributed by atoms with Crippen molar-refractivity contribution in [3.63, 3.8) is 0 Å². The Morgan fingerprint density at radius 2 is 1.76 bits per heavy atom. The fourth-order valence-electron chi connectivity index (χ4n) is 3.31. The molecule has 2 aliphatic rings. The van der Waals surface area contributed by atoms with Gasteiger partial charge >= 0.3 is 6.03 Å². The van der Waals surface area contributed by atoms with Crippen molar-refractivity contribution in [1.82, 2.24) is 5.32 Å². The number of nitrogens with one attached hydrogen (secondary N) is 1. The summed E-state index contributed by atoms with van der Waals surface area (Å²) < 4.78 is 0. The second-order valence-electron chi connectivity index (χ2n) is 5.87. The largest absolute Gasteiger partial charge is 0.329 e. The standard InChI is InChI=1S/C16H21N3O2/c17-10-11-6-8-13(9-7-11)19-15(20)14(18-16(19)21)12-4-2-1-3-5-12/h6-9,12,14H,1-5,10,17H2,(H,18,21). The summed E-state index contributed by atoms with van der Waals surface area (Å²) in [5.41, 5.74) is 7.17. The highest BCUT2D eigenvalue weighted by Gasteiger charge is 2.43. The summed E-state index contributed by atoms with van der Waals surface area (Å²) >= 11 is 0. The van der Waals surface area contributed by atoms with E-state index >= 15 is 0 Å². The molecule has 112 valence electrons. The van der Waals surface area contributed by atoms with Crippen LogP contribution >= 0.6 is 0 Å². The van der Waals surface area contributed by atoms with Gasteiger partial charge in [-0.2, -0.15) is 0 Å². The summed E-state index contributed by atoms with van der Waals surface area (Å²) in [6, 6.07) is 6.60. The van der Waals surface area contributed by atoms with E-state index in [0.717, 1.165) is 31.2 Å². The number of benzene rings is 1. The van der Waals surface area contributed by atoms with Crippen LogP contribution in [0.1, 0.15) is 37.7 Å². The average Bonchev–Trinajstić information content (AvgIpc) is 2.83. The van der Waals surface area contributed by atoms with Crippen molar-refractivity contribution in [2.45, 2.75) is 44.7 Å². The Bertz CT molecular complexity index is 535. The molecule has 2 fully saturated rings. The highest BCUT2D eigenvalue weighted by atomic mass is 16.2. The minimum Gasteiger partial charge on any atom is -0.326 e. The number of anilines is 1. The molecule has 0 bridgehead atoms. The van der Waals surface area contributed by atoms with Crippen molar-refractivity contribution in [1.29, 1.82) is 0 Å². The van der Waals surface area contributed by atoms with Gasteiger partial charge in [0.1, 0.15) is 6.04 Å². The lowest BCUT2D eigenvalue weighted by molar-refractivity contribution is -0.119. The zero-order valence-corrected chi connectivity index (χ0v) is 12.0. The Morgan fingerprint density at radius 3 is 2.38 bits per heavy atom. The second kappa shape index (κ2) is 5.85. The maximum Gasteiger partial charge on any atom is 0.329 e. The molecule has 1 unspecified atom stereocenters. The molecule has 1 aromatic carbocycles. The molecule has 21 heavy (non-hydrogen) atoms. The first-order valence-corrected chi connectivity index (χ1v) is 7.64. The first-order valence-electron chi connectivity index (χ1n) is 7.64. The molecule has 0 radical (unpaired) electrons. The fourth-order valence-corrected chi connectivity index (χ4v) is 3.31. The minimum atomic E-state index is -0.355. The van der Waals surface area contributed by atoms with Crippen LogP contribution in [0.25, 0.3) is 0 Å². The molecule has 1 aliphatic carbocycles. The van der Waals surface area contributed by atoms with Gasteiger partial charge in [-0.15, -0.1) is 0 Å². The van der Waals surface area contributed by atoms with Gasteiger partial charge in [0.25, 0.3) is 5.91 Å². The van der Waals surface area contributed by atoms with E-state index in [1.807, 2.05) is 12.1 Å². The zero-order chi connectivity index (χ0) is 14.8. The SMILES string of the molecule is NCc1ccc(N2C(=O)NC(C3CCCCC3)C2=O)cc1. The van der Waals surface area contributed by atoms with Crippen LogP contribution in [0.3, 0.4) is 0 Å². The molecule has 1 aromatic rings. The Hall–Kier alpha value is -1.88. The molecule has 1 aliphatic heterocycles. The molecule has 1 saturated carbocycles. The van der Waals surface area contributed by atoms with E-state index in [-0.39, 0.29) is 23.9 Å². The summed E-state index contributed by atoms with van der Waals surface area (Å²) in [5, 5.41) is 2.86. The van der Waals surface area contributed by atoms with E-state index in [1.165, 1.54) is 11.3 Å². The third kappa shape index (κ3) is 2.65. The van der Waals surface area contributed by atoms with Crippen molar-refractivity contribution in [3.05, 3.63) is 29.8 Å². The molecule has 3 N–H and O–H groups in total. The number of hydrogen-bond donors (Lipinski definition) is 2.